The number of rotatable bonds is 4. The molecule has 0 aromatic heterocycles. The molecule has 1 atom stereocenters. The van der Waals surface area contributed by atoms with Gasteiger partial charge in [0, 0.05) is 27.2 Å². The molecule has 0 spiro atoms. The maximum absolute atomic E-state index is 14.2. The molecule has 2 rings (SSSR count). The summed E-state index contributed by atoms with van der Waals surface area (Å²) in [6.07, 6.45) is -1.31. The second-order valence-electron chi connectivity index (χ2n) is 4.27. The van der Waals surface area contributed by atoms with E-state index < -0.39 is 11.9 Å². The van der Waals surface area contributed by atoms with Crippen LogP contribution in [-0.2, 0) is 0 Å². The van der Waals surface area contributed by atoms with Crippen LogP contribution in [-0.4, -0.2) is 19.3 Å². The van der Waals surface area contributed by atoms with Crippen LogP contribution < -0.4 is 9.47 Å². The summed E-state index contributed by atoms with van der Waals surface area (Å²) >= 11 is 12.1. The average Bonchev–Trinajstić information content (AvgIpc) is 2.46. The van der Waals surface area contributed by atoms with Crippen LogP contribution in [0.4, 0.5) is 4.39 Å². The van der Waals surface area contributed by atoms with E-state index in [9.17, 15) is 9.50 Å². The molecule has 0 aliphatic carbocycles. The normalized spacial score (nSPS) is 12.1. The number of halogens is 3. The third-order valence-corrected chi connectivity index (χ3v) is 3.73. The first-order valence-corrected chi connectivity index (χ1v) is 6.78. The summed E-state index contributed by atoms with van der Waals surface area (Å²) in [7, 11) is 2.83. The molecule has 0 amide bonds. The predicted molar refractivity (Wildman–Crippen MR) is 80.0 cm³/mol. The average molecular weight is 331 g/mol. The molecule has 1 N–H and O–H groups in total. The van der Waals surface area contributed by atoms with Gasteiger partial charge in [-0.05, 0) is 18.2 Å². The van der Waals surface area contributed by atoms with Crippen LogP contribution >= 0.6 is 23.2 Å². The maximum Gasteiger partial charge on any atom is 0.163 e. The number of ether oxygens (including phenoxy) is 2. The van der Waals surface area contributed by atoms with E-state index in [4.69, 9.17) is 32.7 Å². The van der Waals surface area contributed by atoms with Gasteiger partial charge in [0.25, 0.3) is 0 Å². The molecule has 112 valence electrons. The van der Waals surface area contributed by atoms with Crippen molar-refractivity contribution in [1.29, 1.82) is 0 Å². The monoisotopic (exact) mass is 330 g/mol. The fourth-order valence-corrected chi connectivity index (χ4v) is 2.61. The molecule has 0 radical (unpaired) electrons. The molecule has 0 fully saturated rings. The largest absolute Gasteiger partial charge is 0.493 e. The number of aliphatic hydroxyl groups excluding tert-OH is 1. The van der Waals surface area contributed by atoms with Gasteiger partial charge in [0.1, 0.15) is 11.9 Å². The summed E-state index contributed by atoms with van der Waals surface area (Å²) in [5, 5.41) is 10.9. The van der Waals surface area contributed by atoms with Gasteiger partial charge < -0.3 is 14.6 Å². The molecule has 1 unspecified atom stereocenters. The molecule has 0 heterocycles. The Balaban J connectivity index is 2.56. The zero-order valence-corrected chi connectivity index (χ0v) is 12.9. The number of methoxy groups -OCH3 is 2. The summed E-state index contributed by atoms with van der Waals surface area (Å²) in [5.74, 6) is -0.108. The van der Waals surface area contributed by atoms with Crippen LogP contribution in [0.2, 0.25) is 10.0 Å². The van der Waals surface area contributed by atoms with Gasteiger partial charge in [-0.15, -0.1) is 0 Å². The van der Waals surface area contributed by atoms with Crippen molar-refractivity contribution >= 4 is 23.2 Å². The molecule has 0 saturated heterocycles. The van der Waals surface area contributed by atoms with Gasteiger partial charge in [0.15, 0.2) is 11.5 Å². The van der Waals surface area contributed by atoms with Gasteiger partial charge in [0.2, 0.25) is 0 Å². The topological polar surface area (TPSA) is 38.7 Å². The first-order chi connectivity index (χ1) is 9.99. The lowest BCUT2D eigenvalue weighted by Gasteiger charge is -2.17. The van der Waals surface area contributed by atoms with E-state index in [1.807, 2.05) is 0 Å². The summed E-state index contributed by atoms with van der Waals surface area (Å²) in [6.45, 7) is 0. The molecule has 3 nitrogen and oxygen atoms in total. The van der Waals surface area contributed by atoms with Crippen LogP contribution in [0.25, 0.3) is 0 Å². The predicted octanol–water partition coefficient (Wildman–Crippen LogP) is 4.23. The molecular weight excluding hydrogens is 318 g/mol. The third kappa shape index (κ3) is 3.07. The Hall–Kier alpha value is -1.49. The van der Waals surface area contributed by atoms with Gasteiger partial charge in [-0.3, -0.25) is 0 Å². The Labute approximate surface area is 131 Å². The van der Waals surface area contributed by atoms with Crippen LogP contribution in [0.3, 0.4) is 0 Å². The molecule has 2 aromatic carbocycles. The molecule has 6 heteroatoms. The van der Waals surface area contributed by atoms with Gasteiger partial charge in [-0.2, -0.15) is 0 Å². The van der Waals surface area contributed by atoms with Crippen LogP contribution in [0.5, 0.6) is 11.5 Å². The highest BCUT2D eigenvalue weighted by Gasteiger charge is 2.23. The van der Waals surface area contributed by atoms with Crippen molar-refractivity contribution in [2.75, 3.05) is 14.2 Å². The quantitative estimate of drug-likeness (QED) is 0.911. The third-order valence-electron chi connectivity index (χ3n) is 3.07. The van der Waals surface area contributed by atoms with E-state index >= 15 is 0 Å². The molecule has 0 aliphatic heterocycles. The van der Waals surface area contributed by atoms with E-state index in [0.717, 1.165) is 6.07 Å². The van der Waals surface area contributed by atoms with Crippen LogP contribution in [0.15, 0.2) is 30.3 Å². The number of hydrogen-bond donors (Lipinski definition) is 1. The second-order valence-corrected chi connectivity index (χ2v) is 5.08. The van der Waals surface area contributed by atoms with Crippen LogP contribution in [0.1, 0.15) is 17.2 Å². The van der Waals surface area contributed by atoms with E-state index in [1.165, 1.54) is 20.3 Å². The van der Waals surface area contributed by atoms with Crippen molar-refractivity contribution in [3.8, 4) is 11.5 Å². The Morgan fingerprint density at radius 3 is 2.10 bits per heavy atom. The fourth-order valence-electron chi connectivity index (χ4n) is 2.01. The minimum absolute atomic E-state index is 0.00245. The lowest BCUT2D eigenvalue weighted by Crippen LogP contribution is -2.05. The molecular formula is C15H13Cl2FO3. The van der Waals surface area contributed by atoms with E-state index in [-0.39, 0.29) is 26.9 Å². The van der Waals surface area contributed by atoms with Crippen LogP contribution in [0, 0.1) is 5.82 Å². The van der Waals surface area contributed by atoms with Gasteiger partial charge in [0.05, 0.1) is 14.2 Å². The zero-order valence-electron chi connectivity index (χ0n) is 11.4. The fraction of sp³-hybridized carbons (Fsp3) is 0.200. The van der Waals surface area contributed by atoms with Crippen molar-refractivity contribution in [2.24, 2.45) is 0 Å². The van der Waals surface area contributed by atoms with E-state index in [0.29, 0.717) is 5.75 Å². The Kier molecular flexibility index (Phi) is 4.93. The van der Waals surface area contributed by atoms with Gasteiger partial charge in [-0.1, -0.05) is 29.3 Å². The molecule has 2 aromatic rings. The molecule has 0 aliphatic rings. The van der Waals surface area contributed by atoms with Gasteiger partial charge in [-0.25, -0.2) is 4.39 Å². The minimum atomic E-state index is -1.31. The summed E-state index contributed by atoms with van der Waals surface area (Å²) in [5.41, 5.74) is 0.245. The highest BCUT2D eigenvalue weighted by Crippen LogP contribution is 2.38. The van der Waals surface area contributed by atoms with Crippen molar-refractivity contribution in [1.82, 2.24) is 0 Å². The Bertz CT molecular complexity index is 641. The van der Waals surface area contributed by atoms with Crippen molar-refractivity contribution < 1.29 is 19.0 Å². The van der Waals surface area contributed by atoms with Crippen molar-refractivity contribution in [3.63, 3.8) is 0 Å². The second kappa shape index (κ2) is 6.52. The smallest absolute Gasteiger partial charge is 0.163 e. The summed E-state index contributed by atoms with van der Waals surface area (Å²) in [6, 6.07) is 7.29. The first-order valence-electron chi connectivity index (χ1n) is 6.03. The number of benzene rings is 2. The highest BCUT2D eigenvalue weighted by atomic mass is 35.5. The Morgan fingerprint density at radius 2 is 1.57 bits per heavy atom. The van der Waals surface area contributed by atoms with Crippen molar-refractivity contribution in [3.05, 3.63) is 57.3 Å². The standard InChI is InChI=1S/C15H13Cl2FO3/c1-20-12-6-8(11(18)7-13(12)21-2)15(19)14-9(16)4-3-5-10(14)17/h3-7,15,19H,1-2H3. The Morgan fingerprint density at radius 1 is 1.05 bits per heavy atom. The summed E-state index contributed by atoms with van der Waals surface area (Å²) < 4.78 is 24.3. The lowest BCUT2D eigenvalue weighted by molar-refractivity contribution is 0.214. The number of hydrogen-bond acceptors (Lipinski definition) is 3. The highest BCUT2D eigenvalue weighted by molar-refractivity contribution is 6.36. The van der Waals surface area contributed by atoms with Gasteiger partial charge >= 0.3 is 0 Å². The SMILES string of the molecule is COc1cc(F)c(C(O)c2c(Cl)cccc2Cl)cc1OC. The maximum atomic E-state index is 14.2. The molecule has 21 heavy (non-hydrogen) atoms. The summed E-state index contributed by atoms with van der Waals surface area (Å²) in [4.78, 5) is 0. The lowest BCUT2D eigenvalue weighted by atomic mass is 10.00. The molecule has 0 saturated carbocycles. The van der Waals surface area contributed by atoms with Crippen molar-refractivity contribution in [2.45, 2.75) is 6.10 Å². The first kappa shape index (κ1) is 15.9. The minimum Gasteiger partial charge on any atom is -0.493 e. The van der Waals surface area contributed by atoms with E-state index in [1.54, 1.807) is 18.2 Å². The number of aliphatic hydroxyl groups is 1. The zero-order chi connectivity index (χ0) is 15.6. The van der Waals surface area contributed by atoms with E-state index in [2.05, 4.69) is 0 Å². The molecule has 0 bridgehead atoms.